The number of nitrogens with zero attached hydrogens (tertiary/aromatic N) is 1. The van der Waals surface area contributed by atoms with E-state index in [1.807, 2.05) is 34.2 Å². The lowest BCUT2D eigenvalue weighted by molar-refractivity contribution is -0.142. The van der Waals surface area contributed by atoms with E-state index in [0.29, 0.717) is 10.6 Å². The molecule has 0 fully saturated rings. The fourth-order valence-corrected chi connectivity index (χ4v) is 2.94. The summed E-state index contributed by atoms with van der Waals surface area (Å²) in [4.78, 5) is 11.6. The molecule has 0 saturated carbocycles. The van der Waals surface area contributed by atoms with Crippen molar-refractivity contribution in [2.24, 2.45) is 0 Å². The number of aromatic nitrogens is 1. The molecule has 0 aliphatic heterocycles. The molecule has 0 aliphatic carbocycles. The van der Waals surface area contributed by atoms with Crippen LogP contribution in [-0.4, -0.2) is 24.3 Å². The molecule has 106 valence electrons. The third-order valence-corrected chi connectivity index (χ3v) is 3.97. The topological polar surface area (TPSA) is 40.5 Å². The third-order valence-electron chi connectivity index (χ3n) is 2.73. The van der Waals surface area contributed by atoms with Crippen LogP contribution in [0.25, 0.3) is 5.69 Å². The van der Waals surface area contributed by atoms with Crippen LogP contribution in [0.4, 0.5) is 0 Å². The van der Waals surface area contributed by atoms with Crippen LogP contribution in [0.15, 0.2) is 29.6 Å². The van der Waals surface area contributed by atoms with E-state index in [1.54, 1.807) is 14.0 Å². The highest BCUT2D eigenvalue weighted by molar-refractivity contribution is 7.73. The van der Waals surface area contributed by atoms with E-state index < -0.39 is 0 Å². The molecule has 0 radical (unpaired) electrons. The van der Waals surface area contributed by atoms with Crippen LogP contribution in [-0.2, 0) is 16.0 Å². The molecule has 0 aliphatic rings. The Bertz CT molecular complexity index is 643. The number of rotatable bonds is 5. The highest BCUT2D eigenvalue weighted by atomic mass is 32.1. The molecule has 20 heavy (non-hydrogen) atoms. The maximum Gasteiger partial charge on any atom is 0.311 e. The number of hydrogen-bond donors (Lipinski definition) is 0. The number of ether oxygens (including phenoxy) is 2. The average molecular weight is 309 g/mol. The monoisotopic (exact) mass is 309 g/mol. The number of methoxy groups -OCH3 is 1. The number of hydrogen-bond acceptors (Lipinski definition) is 5. The van der Waals surface area contributed by atoms with Crippen LogP contribution >= 0.6 is 23.6 Å². The molecule has 2 rings (SSSR count). The molecule has 1 heterocycles. The second-order valence-electron chi connectivity index (χ2n) is 4.01. The van der Waals surface area contributed by atoms with Crippen LogP contribution in [0.1, 0.15) is 12.6 Å². The van der Waals surface area contributed by atoms with Gasteiger partial charge in [-0.3, -0.25) is 9.36 Å². The summed E-state index contributed by atoms with van der Waals surface area (Å²) >= 11 is 6.77. The fourth-order valence-electron chi connectivity index (χ4n) is 1.82. The van der Waals surface area contributed by atoms with Crippen LogP contribution in [0.3, 0.4) is 0 Å². The normalized spacial score (nSPS) is 10.3. The van der Waals surface area contributed by atoms with Crippen molar-refractivity contribution in [1.29, 1.82) is 0 Å². The summed E-state index contributed by atoms with van der Waals surface area (Å²) in [7, 11) is 1.62. The van der Waals surface area contributed by atoms with Crippen molar-refractivity contribution in [3.05, 3.63) is 39.3 Å². The Hall–Kier alpha value is -1.66. The van der Waals surface area contributed by atoms with Gasteiger partial charge in [0.2, 0.25) is 0 Å². The molecule has 0 spiro atoms. The van der Waals surface area contributed by atoms with Crippen molar-refractivity contribution in [2.75, 3.05) is 13.7 Å². The van der Waals surface area contributed by atoms with E-state index in [0.717, 1.165) is 17.1 Å². The molecule has 6 heteroatoms. The summed E-state index contributed by atoms with van der Waals surface area (Å²) in [5.74, 6) is 0.532. The molecule has 0 unspecified atom stereocenters. The molecule has 0 bridgehead atoms. The van der Waals surface area contributed by atoms with Crippen molar-refractivity contribution < 1.29 is 14.3 Å². The quantitative estimate of drug-likeness (QED) is 0.627. The second kappa shape index (κ2) is 6.67. The molecule has 0 N–H and O–H groups in total. The van der Waals surface area contributed by atoms with Crippen LogP contribution in [0, 0.1) is 3.95 Å². The van der Waals surface area contributed by atoms with Gasteiger partial charge in [-0.1, -0.05) is 0 Å². The van der Waals surface area contributed by atoms with Gasteiger partial charge < -0.3 is 9.47 Å². The van der Waals surface area contributed by atoms with E-state index in [1.165, 1.54) is 11.3 Å². The summed E-state index contributed by atoms with van der Waals surface area (Å²) < 4.78 is 12.7. The van der Waals surface area contributed by atoms with Crippen LogP contribution < -0.4 is 4.74 Å². The summed E-state index contributed by atoms with van der Waals surface area (Å²) in [6.45, 7) is 2.17. The van der Waals surface area contributed by atoms with E-state index >= 15 is 0 Å². The first-order valence-corrected chi connectivity index (χ1v) is 7.44. The van der Waals surface area contributed by atoms with Gasteiger partial charge >= 0.3 is 5.97 Å². The summed E-state index contributed by atoms with van der Waals surface area (Å²) in [6, 6.07) is 7.55. The van der Waals surface area contributed by atoms with Gasteiger partial charge in [0, 0.05) is 16.8 Å². The Morgan fingerprint density at radius 1 is 1.35 bits per heavy atom. The molecular weight excluding hydrogens is 294 g/mol. The first kappa shape index (κ1) is 14.7. The van der Waals surface area contributed by atoms with Gasteiger partial charge in [-0.25, -0.2) is 0 Å². The first-order valence-electron chi connectivity index (χ1n) is 6.15. The molecule has 0 atom stereocenters. The van der Waals surface area contributed by atoms with Gasteiger partial charge in [0.05, 0.1) is 20.1 Å². The van der Waals surface area contributed by atoms with Crippen LogP contribution in [0.2, 0.25) is 0 Å². The van der Waals surface area contributed by atoms with E-state index in [2.05, 4.69) is 0 Å². The highest BCUT2D eigenvalue weighted by Gasteiger charge is 2.12. The summed E-state index contributed by atoms with van der Waals surface area (Å²) in [5.41, 5.74) is 1.75. The van der Waals surface area contributed by atoms with Gasteiger partial charge in [-0.15, -0.1) is 11.3 Å². The lowest BCUT2D eigenvalue weighted by atomic mass is 10.2. The number of esters is 1. The predicted molar refractivity (Wildman–Crippen MR) is 81.4 cm³/mol. The molecule has 1 aromatic heterocycles. The van der Waals surface area contributed by atoms with Gasteiger partial charge in [0.1, 0.15) is 5.75 Å². The highest BCUT2D eigenvalue weighted by Crippen LogP contribution is 2.21. The Morgan fingerprint density at radius 3 is 2.65 bits per heavy atom. The lowest BCUT2D eigenvalue weighted by Crippen LogP contribution is -2.11. The van der Waals surface area contributed by atoms with Crippen molar-refractivity contribution in [1.82, 2.24) is 4.57 Å². The average Bonchev–Trinajstić information content (AvgIpc) is 2.80. The minimum absolute atomic E-state index is 0.215. The molecule has 2 aromatic rings. The van der Waals surface area contributed by atoms with Crippen molar-refractivity contribution in [3.63, 3.8) is 0 Å². The fraction of sp³-hybridized carbons (Fsp3) is 0.286. The van der Waals surface area contributed by atoms with E-state index in [4.69, 9.17) is 21.7 Å². The first-order chi connectivity index (χ1) is 9.65. The Balaban J connectivity index is 2.33. The lowest BCUT2D eigenvalue weighted by Gasteiger charge is -2.09. The maximum atomic E-state index is 11.6. The van der Waals surface area contributed by atoms with Gasteiger partial charge in [0.15, 0.2) is 3.95 Å². The molecular formula is C14H15NO3S2. The zero-order chi connectivity index (χ0) is 14.5. The van der Waals surface area contributed by atoms with Crippen molar-refractivity contribution in [2.45, 2.75) is 13.3 Å². The number of thiazole rings is 1. The minimum atomic E-state index is -0.248. The summed E-state index contributed by atoms with van der Waals surface area (Å²) in [6.07, 6.45) is 0.215. The zero-order valence-electron chi connectivity index (χ0n) is 11.3. The minimum Gasteiger partial charge on any atom is -0.497 e. The summed E-state index contributed by atoms with van der Waals surface area (Å²) in [5, 5.41) is 1.89. The van der Waals surface area contributed by atoms with Crippen molar-refractivity contribution in [3.8, 4) is 11.4 Å². The van der Waals surface area contributed by atoms with Gasteiger partial charge in [0.25, 0.3) is 0 Å². The smallest absolute Gasteiger partial charge is 0.311 e. The number of carbonyl (C=O) groups is 1. The Labute approximate surface area is 126 Å². The predicted octanol–water partition coefficient (Wildman–Crippen LogP) is 3.38. The molecule has 0 saturated heterocycles. The molecule has 1 aromatic carbocycles. The zero-order valence-corrected chi connectivity index (χ0v) is 12.9. The van der Waals surface area contributed by atoms with Crippen LogP contribution in [0.5, 0.6) is 5.75 Å². The van der Waals surface area contributed by atoms with Crippen molar-refractivity contribution >= 4 is 29.5 Å². The SMILES string of the molecule is CCOC(=O)Cc1csc(=S)n1-c1ccc(OC)cc1. The molecule has 4 nitrogen and oxygen atoms in total. The molecule has 0 amide bonds. The van der Waals surface area contributed by atoms with E-state index in [9.17, 15) is 4.79 Å². The Morgan fingerprint density at radius 2 is 2.05 bits per heavy atom. The number of benzene rings is 1. The Kier molecular flexibility index (Phi) is 4.92. The van der Waals surface area contributed by atoms with Gasteiger partial charge in [-0.2, -0.15) is 0 Å². The third kappa shape index (κ3) is 3.26. The van der Waals surface area contributed by atoms with Gasteiger partial charge in [-0.05, 0) is 43.4 Å². The number of carbonyl (C=O) groups excluding carboxylic acids is 1. The standard InChI is InChI=1S/C14H15NO3S2/c1-3-18-13(16)8-11-9-20-14(19)15(11)10-4-6-12(17-2)7-5-10/h4-7,9H,3,8H2,1-2H3. The van der Waals surface area contributed by atoms with E-state index in [-0.39, 0.29) is 12.4 Å². The maximum absolute atomic E-state index is 11.6. The largest absolute Gasteiger partial charge is 0.497 e. The second-order valence-corrected chi connectivity index (χ2v) is 5.51.